The van der Waals surface area contributed by atoms with Crippen molar-refractivity contribution in [3.63, 3.8) is 0 Å². The van der Waals surface area contributed by atoms with Crippen LogP contribution >= 0.6 is 31.9 Å². The second-order valence-electron chi connectivity index (χ2n) is 4.08. The summed E-state index contributed by atoms with van der Waals surface area (Å²) in [6, 6.07) is 3.07. The average molecular weight is 418 g/mol. The Hall–Kier alpha value is -1.34. The predicted octanol–water partition coefficient (Wildman–Crippen LogP) is 5.47. The third kappa shape index (κ3) is 4.31. The van der Waals surface area contributed by atoms with Gasteiger partial charge in [0.05, 0.1) is 10.0 Å². The van der Waals surface area contributed by atoms with Gasteiger partial charge in [0, 0.05) is 4.47 Å². The highest BCUT2D eigenvalue weighted by molar-refractivity contribution is 9.11. The van der Waals surface area contributed by atoms with E-state index in [1.807, 2.05) is 24.3 Å². The summed E-state index contributed by atoms with van der Waals surface area (Å²) >= 11 is 6.40. The Labute approximate surface area is 138 Å². The Morgan fingerprint density at radius 3 is 2.48 bits per heavy atom. The van der Waals surface area contributed by atoms with E-state index in [2.05, 4.69) is 36.5 Å². The van der Waals surface area contributed by atoms with Crippen molar-refractivity contribution < 1.29 is 18.4 Å². The molecule has 108 valence electrons. The van der Waals surface area contributed by atoms with Gasteiger partial charge in [-0.15, -0.1) is 0 Å². The Morgan fingerprint density at radius 2 is 1.86 bits per heavy atom. The van der Waals surface area contributed by atoms with Crippen molar-refractivity contribution in [3.05, 3.63) is 68.7 Å². The number of aliphatic hydroxyl groups excluding tert-OH is 1. The molecule has 0 fully saturated rings. The molecule has 0 bridgehead atoms. The van der Waals surface area contributed by atoms with Crippen molar-refractivity contribution in [3.8, 4) is 5.75 Å². The molecule has 0 radical (unpaired) electrons. The van der Waals surface area contributed by atoms with Gasteiger partial charge in [0.15, 0.2) is 0 Å². The first kappa shape index (κ1) is 16.0. The maximum absolute atomic E-state index is 12.5. The van der Waals surface area contributed by atoms with E-state index < -0.39 is 7.47 Å². The van der Waals surface area contributed by atoms with Crippen molar-refractivity contribution >= 4 is 45.1 Å². The second kappa shape index (κ2) is 7.09. The van der Waals surface area contributed by atoms with Crippen LogP contribution in [0.3, 0.4) is 0 Å². The van der Waals surface area contributed by atoms with Gasteiger partial charge in [-0.3, -0.25) is 0 Å². The van der Waals surface area contributed by atoms with Gasteiger partial charge in [-0.25, -0.2) is 8.63 Å². The SMILES string of the molecule is O/C(=C\C=C1C=CC=C1)c1cc(Br)cc(Br)c1OB(F)F. The molecule has 0 amide bonds. The largest absolute Gasteiger partial charge is 0.796 e. The highest BCUT2D eigenvalue weighted by Crippen LogP contribution is 2.36. The molecule has 7 heteroatoms. The first-order valence-corrected chi connectivity index (χ1v) is 7.46. The fraction of sp³-hybridized carbons (Fsp3) is 0. The molecule has 1 aromatic rings. The lowest BCUT2D eigenvalue weighted by Gasteiger charge is -2.12. The summed E-state index contributed by atoms with van der Waals surface area (Å²) in [6.07, 6.45) is 10.5. The van der Waals surface area contributed by atoms with Gasteiger partial charge in [-0.2, -0.15) is 0 Å². The average Bonchev–Trinajstić information content (AvgIpc) is 2.91. The minimum Gasteiger partial charge on any atom is -0.507 e. The molecular formula is C14H9BBr2F2O2. The Kier molecular flexibility index (Phi) is 5.42. The van der Waals surface area contributed by atoms with Gasteiger partial charge in [0.1, 0.15) is 11.5 Å². The van der Waals surface area contributed by atoms with Crippen molar-refractivity contribution in [2.24, 2.45) is 0 Å². The molecule has 0 spiro atoms. The molecule has 0 saturated heterocycles. The number of allylic oxidation sites excluding steroid dienone is 7. The molecule has 2 nitrogen and oxygen atoms in total. The zero-order chi connectivity index (χ0) is 15.4. The minimum absolute atomic E-state index is 0.113. The topological polar surface area (TPSA) is 29.5 Å². The third-order valence-electron chi connectivity index (χ3n) is 2.61. The Balaban J connectivity index is 2.41. The van der Waals surface area contributed by atoms with Crippen LogP contribution in [0.5, 0.6) is 5.75 Å². The zero-order valence-corrected chi connectivity index (χ0v) is 13.7. The van der Waals surface area contributed by atoms with Gasteiger partial charge in [-0.1, -0.05) is 46.3 Å². The van der Waals surface area contributed by atoms with Crippen molar-refractivity contribution in [1.29, 1.82) is 0 Å². The molecule has 1 N–H and O–H groups in total. The fourth-order valence-corrected chi connectivity index (χ4v) is 3.04. The van der Waals surface area contributed by atoms with E-state index in [9.17, 15) is 13.7 Å². The lowest BCUT2D eigenvalue weighted by atomic mass is 10.1. The van der Waals surface area contributed by atoms with Crippen LogP contribution in [-0.2, 0) is 0 Å². The van der Waals surface area contributed by atoms with Gasteiger partial charge < -0.3 is 9.76 Å². The van der Waals surface area contributed by atoms with Crippen LogP contribution in [0, 0.1) is 0 Å². The number of hydrogen-bond donors (Lipinski definition) is 1. The molecule has 21 heavy (non-hydrogen) atoms. The van der Waals surface area contributed by atoms with E-state index in [1.54, 1.807) is 12.1 Å². The van der Waals surface area contributed by atoms with Crippen molar-refractivity contribution in [2.75, 3.05) is 0 Å². The monoisotopic (exact) mass is 416 g/mol. The molecule has 1 aliphatic rings. The molecule has 0 saturated carbocycles. The van der Waals surface area contributed by atoms with E-state index in [4.69, 9.17) is 0 Å². The van der Waals surface area contributed by atoms with Crippen LogP contribution in [0.2, 0.25) is 0 Å². The molecule has 0 aromatic heterocycles. The van der Waals surface area contributed by atoms with Gasteiger partial charge in [0.2, 0.25) is 0 Å². The first-order valence-electron chi connectivity index (χ1n) is 5.87. The van der Waals surface area contributed by atoms with Crippen molar-refractivity contribution in [1.82, 2.24) is 0 Å². The lowest BCUT2D eigenvalue weighted by molar-refractivity contribution is 0.420. The summed E-state index contributed by atoms with van der Waals surface area (Å²) in [5.74, 6) is -0.285. The van der Waals surface area contributed by atoms with Gasteiger partial charge in [0.25, 0.3) is 0 Å². The molecular weight excluding hydrogens is 409 g/mol. The number of hydrogen-bond acceptors (Lipinski definition) is 2. The molecule has 0 atom stereocenters. The molecule has 0 aliphatic heterocycles. The fourth-order valence-electron chi connectivity index (χ4n) is 1.72. The normalized spacial score (nSPS) is 13.7. The summed E-state index contributed by atoms with van der Waals surface area (Å²) < 4.78 is 30.4. The summed E-state index contributed by atoms with van der Waals surface area (Å²) in [7, 11) is -2.98. The maximum atomic E-state index is 12.5. The Morgan fingerprint density at radius 1 is 1.19 bits per heavy atom. The van der Waals surface area contributed by atoms with Gasteiger partial charge >= 0.3 is 7.47 Å². The van der Waals surface area contributed by atoms with E-state index in [1.165, 1.54) is 12.1 Å². The van der Waals surface area contributed by atoms with Crippen LogP contribution in [0.25, 0.3) is 5.76 Å². The van der Waals surface area contributed by atoms with E-state index in [0.29, 0.717) is 8.95 Å². The number of benzene rings is 1. The third-order valence-corrected chi connectivity index (χ3v) is 3.66. The predicted molar refractivity (Wildman–Crippen MR) is 87.4 cm³/mol. The first-order chi connectivity index (χ1) is 9.97. The van der Waals surface area contributed by atoms with Crippen molar-refractivity contribution in [2.45, 2.75) is 0 Å². The van der Waals surface area contributed by atoms with Crippen LogP contribution in [0.15, 0.2) is 63.1 Å². The summed E-state index contributed by atoms with van der Waals surface area (Å²) in [5, 5.41) is 10.1. The van der Waals surface area contributed by atoms with Crippen LogP contribution in [-0.4, -0.2) is 12.6 Å². The minimum atomic E-state index is -2.98. The highest BCUT2D eigenvalue weighted by atomic mass is 79.9. The lowest BCUT2D eigenvalue weighted by Crippen LogP contribution is -2.10. The number of halogens is 4. The van der Waals surface area contributed by atoms with Crippen LogP contribution < -0.4 is 4.65 Å². The summed E-state index contributed by atoms with van der Waals surface area (Å²) in [5.41, 5.74) is 1.06. The Bertz CT molecular complexity index is 653. The molecule has 1 aliphatic carbocycles. The quantitative estimate of drug-likeness (QED) is 0.520. The zero-order valence-electron chi connectivity index (χ0n) is 10.6. The van der Waals surface area contributed by atoms with Gasteiger partial charge in [-0.05, 0) is 39.7 Å². The molecule has 0 unspecified atom stereocenters. The van der Waals surface area contributed by atoms with E-state index in [-0.39, 0.29) is 17.1 Å². The van der Waals surface area contributed by atoms with E-state index in [0.717, 1.165) is 5.57 Å². The smallest absolute Gasteiger partial charge is 0.507 e. The standard InChI is InChI=1S/C14H9BBr2F2O2/c16-10-7-11(14(12(17)8-10)21-15(18)19)13(20)6-5-9-3-1-2-4-9/h1-8,20H/b13-6-. The summed E-state index contributed by atoms with van der Waals surface area (Å²) in [4.78, 5) is 0. The number of aliphatic hydroxyl groups is 1. The highest BCUT2D eigenvalue weighted by Gasteiger charge is 2.23. The molecule has 1 aromatic carbocycles. The summed E-state index contributed by atoms with van der Waals surface area (Å²) in [6.45, 7) is 0. The maximum Gasteiger partial charge on any atom is 0.796 e. The van der Waals surface area contributed by atoms with Crippen LogP contribution in [0.1, 0.15) is 5.56 Å². The van der Waals surface area contributed by atoms with Crippen LogP contribution in [0.4, 0.5) is 8.63 Å². The van der Waals surface area contributed by atoms with E-state index >= 15 is 0 Å². The second-order valence-corrected chi connectivity index (χ2v) is 5.85. The number of rotatable bonds is 4. The molecule has 0 heterocycles. The molecule has 2 rings (SSSR count).